The van der Waals surface area contributed by atoms with Gasteiger partial charge in [-0.25, -0.2) is 4.98 Å². The molecule has 110 valence electrons. The molecule has 0 spiro atoms. The number of rotatable bonds is 3. The molecule has 3 aromatic rings. The number of halogens is 1. The van der Waals surface area contributed by atoms with Crippen LogP contribution < -0.4 is 5.56 Å². The van der Waals surface area contributed by atoms with Gasteiger partial charge < -0.3 is 0 Å². The molecule has 4 nitrogen and oxygen atoms in total. The molecule has 0 saturated heterocycles. The van der Waals surface area contributed by atoms with Gasteiger partial charge in [0, 0.05) is 5.02 Å². The molecule has 0 unspecified atom stereocenters. The van der Waals surface area contributed by atoms with Crippen LogP contribution in [0.3, 0.4) is 0 Å². The molecule has 2 aromatic carbocycles. The van der Waals surface area contributed by atoms with Gasteiger partial charge in [-0.05, 0) is 36.1 Å². The van der Waals surface area contributed by atoms with E-state index in [-0.39, 0.29) is 5.56 Å². The molecular weight excluding hydrogens is 318 g/mol. The molecule has 0 aliphatic heterocycles. The molecule has 3 rings (SSSR count). The molecule has 0 fully saturated rings. The van der Waals surface area contributed by atoms with E-state index in [4.69, 9.17) is 11.6 Å². The minimum Gasteiger partial charge on any atom is -0.267 e. The van der Waals surface area contributed by atoms with E-state index >= 15 is 0 Å². The van der Waals surface area contributed by atoms with Crippen molar-refractivity contribution in [2.24, 2.45) is 5.10 Å². The highest BCUT2D eigenvalue weighted by atomic mass is 35.5. The Bertz CT molecular complexity index is 903. The fourth-order valence-electron chi connectivity index (χ4n) is 2.01. The standard InChI is InChI=1S/C16H12ClN3OS/c1-22-16-19-14-5-3-2-4-13(14)15(21)20(16)18-10-11-6-8-12(17)9-7-11/h2-10H,1H3/b18-10+. The van der Waals surface area contributed by atoms with Gasteiger partial charge in [-0.3, -0.25) is 4.79 Å². The monoisotopic (exact) mass is 329 g/mol. The molecule has 1 heterocycles. The fraction of sp³-hybridized carbons (Fsp3) is 0.0625. The van der Waals surface area contributed by atoms with Gasteiger partial charge in [-0.15, -0.1) is 0 Å². The van der Waals surface area contributed by atoms with Crippen LogP contribution in [0.2, 0.25) is 5.02 Å². The van der Waals surface area contributed by atoms with Crippen LogP contribution in [0.1, 0.15) is 5.56 Å². The summed E-state index contributed by atoms with van der Waals surface area (Å²) in [6.07, 6.45) is 3.48. The molecule has 6 heteroatoms. The van der Waals surface area contributed by atoms with Gasteiger partial charge >= 0.3 is 0 Å². The summed E-state index contributed by atoms with van der Waals surface area (Å²) in [7, 11) is 0. The highest BCUT2D eigenvalue weighted by Crippen LogP contribution is 2.15. The third kappa shape index (κ3) is 2.91. The predicted octanol–water partition coefficient (Wildman–Crippen LogP) is 3.65. The number of hydrogen-bond donors (Lipinski definition) is 0. The van der Waals surface area contributed by atoms with Gasteiger partial charge in [0.25, 0.3) is 5.56 Å². The van der Waals surface area contributed by atoms with Gasteiger partial charge in [0.05, 0.1) is 17.1 Å². The normalized spacial score (nSPS) is 11.4. The third-order valence-corrected chi connectivity index (χ3v) is 3.98. The Morgan fingerprint density at radius 1 is 1.18 bits per heavy atom. The van der Waals surface area contributed by atoms with Gasteiger partial charge in [0.15, 0.2) is 5.16 Å². The minimum absolute atomic E-state index is 0.180. The van der Waals surface area contributed by atoms with E-state index in [0.717, 1.165) is 5.56 Å². The molecule has 0 radical (unpaired) electrons. The van der Waals surface area contributed by atoms with E-state index in [1.54, 1.807) is 24.4 Å². The van der Waals surface area contributed by atoms with Crippen LogP contribution in [0.5, 0.6) is 0 Å². The zero-order chi connectivity index (χ0) is 15.5. The van der Waals surface area contributed by atoms with Crippen molar-refractivity contribution in [3.63, 3.8) is 0 Å². The Hall–Kier alpha value is -2.11. The van der Waals surface area contributed by atoms with E-state index in [0.29, 0.717) is 21.1 Å². The first kappa shape index (κ1) is 14.8. The summed E-state index contributed by atoms with van der Waals surface area (Å²) in [5, 5.41) is 6.04. The van der Waals surface area contributed by atoms with E-state index in [1.807, 2.05) is 36.6 Å². The number of fused-ring (bicyclic) bond motifs is 1. The van der Waals surface area contributed by atoms with Crippen molar-refractivity contribution < 1.29 is 0 Å². The van der Waals surface area contributed by atoms with Crippen molar-refractivity contribution in [2.75, 3.05) is 6.26 Å². The Balaban J connectivity index is 2.11. The summed E-state index contributed by atoms with van der Waals surface area (Å²) >= 11 is 7.23. The lowest BCUT2D eigenvalue weighted by molar-refractivity contribution is 0.708. The Morgan fingerprint density at radius 2 is 1.91 bits per heavy atom. The average Bonchev–Trinajstić information content (AvgIpc) is 2.55. The first-order chi connectivity index (χ1) is 10.7. The van der Waals surface area contributed by atoms with Crippen molar-refractivity contribution in [1.82, 2.24) is 9.66 Å². The van der Waals surface area contributed by atoms with Crippen LogP contribution in [-0.2, 0) is 0 Å². The van der Waals surface area contributed by atoms with E-state index in [2.05, 4.69) is 10.1 Å². The predicted molar refractivity (Wildman–Crippen MR) is 92.2 cm³/mol. The van der Waals surface area contributed by atoms with E-state index in [9.17, 15) is 4.79 Å². The average molecular weight is 330 g/mol. The summed E-state index contributed by atoms with van der Waals surface area (Å²) in [6.45, 7) is 0. The SMILES string of the molecule is CSc1nc2ccccc2c(=O)n1/N=C/c1ccc(Cl)cc1. The second-order valence-electron chi connectivity index (χ2n) is 4.53. The van der Waals surface area contributed by atoms with Crippen molar-refractivity contribution in [1.29, 1.82) is 0 Å². The Labute approximate surface area is 136 Å². The molecule has 0 amide bonds. The summed E-state index contributed by atoms with van der Waals surface area (Å²) in [5.74, 6) is 0. The van der Waals surface area contributed by atoms with Crippen molar-refractivity contribution in [2.45, 2.75) is 5.16 Å². The number of benzene rings is 2. The van der Waals surface area contributed by atoms with Crippen LogP contribution >= 0.6 is 23.4 Å². The lowest BCUT2D eigenvalue weighted by atomic mass is 10.2. The molecule has 0 bridgehead atoms. The summed E-state index contributed by atoms with van der Waals surface area (Å²) in [4.78, 5) is 17.0. The highest BCUT2D eigenvalue weighted by Gasteiger charge is 2.08. The molecule has 0 N–H and O–H groups in total. The molecule has 1 aromatic heterocycles. The smallest absolute Gasteiger partial charge is 0.267 e. The molecule has 0 atom stereocenters. The second-order valence-corrected chi connectivity index (χ2v) is 5.74. The van der Waals surface area contributed by atoms with E-state index in [1.165, 1.54) is 16.4 Å². The highest BCUT2D eigenvalue weighted by molar-refractivity contribution is 7.98. The molecule has 0 aliphatic rings. The second kappa shape index (κ2) is 6.34. The molecule has 0 aliphatic carbocycles. The van der Waals surface area contributed by atoms with Crippen LogP contribution in [0, 0.1) is 0 Å². The molecule has 22 heavy (non-hydrogen) atoms. The molecule has 0 saturated carbocycles. The fourth-order valence-corrected chi connectivity index (χ4v) is 2.63. The largest absolute Gasteiger partial charge is 0.282 e. The summed E-state index contributed by atoms with van der Waals surface area (Å²) in [5.41, 5.74) is 1.35. The maximum atomic E-state index is 12.6. The lowest BCUT2D eigenvalue weighted by Crippen LogP contribution is -2.19. The van der Waals surface area contributed by atoms with Crippen molar-refractivity contribution in [3.05, 3.63) is 69.5 Å². The van der Waals surface area contributed by atoms with Crippen molar-refractivity contribution >= 4 is 40.5 Å². The first-order valence-corrected chi connectivity index (χ1v) is 8.15. The number of aromatic nitrogens is 2. The van der Waals surface area contributed by atoms with Crippen LogP contribution in [0.25, 0.3) is 10.9 Å². The maximum Gasteiger partial charge on any atom is 0.282 e. The first-order valence-electron chi connectivity index (χ1n) is 6.55. The number of hydrogen-bond acceptors (Lipinski definition) is 4. The molecular formula is C16H12ClN3OS. The summed E-state index contributed by atoms with van der Waals surface area (Å²) in [6, 6.07) is 14.5. The van der Waals surface area contributed by atoms with Crippen LogP contribution in [0.15, 0.2) is 63.6 Å². The van der Waals surface area contributed by atoms with Crippen molar-refractivity contribution in [3.8, 4) is 0 Å². The maximum absolute atomic E-state index is 12.6. The minimum atomic E-state index is -0.180. The number of nitrogens with zero attached hydrogens (tertiary/aromatic N) is 3. The summed E-state index contributed by atoms with van der Waals surface area (Å²) < 4.78 is 1.32. The topological polar surface area (TPSA) is 47.2 Å². The van der Waals surface area contributed by atoms with Crippen LogP contribution in [0.4, 0.5) is 0 Å². The lowest BCUT2D eigenvalue weighted by Gasteiger charge is -2.06. The van der Waals surface area contributed by atoms with Gasteiger partial charge in [-0.1, -0.05) is 47.6 Å². The Kier molecular flexibility index (Phi) is 4.27. The zero-order valence-corrected chi connectivity index (χ0v) is 13.3. The van der Waals surface area contributed by atoms with Gasteiger partial charge in [-0.2, -0.15) is 9.78 Å². The van der Waals surface area contributed by atoms with Gasteiger partial charge in [0.1, 0.15) is 0 Å². The van der Waals surface area contributed by atoms with E-state index < -0.39 is 0 Å². The Morgan fingerprint density at radius 3 is 2.64 bits per heavy atom. The number of para-hydroxylation sites is 1. The quantitative estimate of drug-likeness (QED) is 0.418. The van der Waals surface area contributed by atoms with Gasteiger partial charge in [0.2, 0.25) is 0 Å². The third-order valence-electron chi connectivity index (χ3n) is 3.10. The zero-order valence-electron chi connectivity index (χ0n) is 11.7. The number of thioether (sulfide) groups is 1. The van der Waals surface area contributed by atoms with Crippen LogP contribution in [-0.4, -0.2) is 22.1 Å².